The van der Waals surface area contributed by atoms with Crippen LogP contribution >= 0.6 is 0 Å². The molecule has 0 amide bonds. The van der Waals surface area contributed by atoms with Gasteiger partial charge in [-0.2, -0.15) is 0 Å². The zero-order valence-electron chi connectivity index (χ0n) is 43.4. The standard InChI is InChI=1S/C61H100O6/c1-4-7-10-13-16-19-22-25-27-29-30-32-33-36-39-42-45-48-51-54-60(63)66-57-58(56-65-59(62)53-50-47-44-41-38-35-24-21-18-15-12-9-6-3)67-61(64)55-52-49-46-43-40-37-34-31-28-26-23-20-17-14-11-8-5-2/h8,11-12,15-17,19-21,24-28,34,37,43,46,58H,4-7,9-10,13-14,18,22-23,29-33,35-36,38-42,44-45,47-57H2,1-3H3/b11-8-,15-12-,19-16-,20-17-,24-21-,27-25-,28-26-,37-34-,46-43-. The van der Waals surface area contributed by atoms with Gasteiger partial charge in [0, 0.05) is 19.3 Å². The number of esters is 3. The largest absolute Gasteiger partial charge is 0.462 e. The summed E-state index contributed by atoms with van der Waals surface area (Å²) in [5.41, 5.74) is 0. The molecule has 0 saturated carbocycles. The lowest BCUT2D eigenvalue weighted by molar-refractivity contribution is -0.167. The van der Waals surface area contributed by atoms with Gasteiger partial charge in [0.15, 0.2) is 6.10 Å². The summed E-state index contributed by atoms with van der Waals surface area (Å²) >= 11 is 0. The highest BCUT2D eigenvalue weighted by atomic mass is 16.6. The van der Waals surface area contributed by atoms with E-state index in [1.54, 1.807) is 0 Å². The van der Waals surface area contributed by atoms with Crippen LogP contribution in [0.4, 0.5) is 0 Å². The monoisotopic (exact) mass is 929 g/mol. The summed E-state index contributed by atoms with van der Waals surface area (Å²) in [6.07, 6.45) is 73.6. The van der Waals surface area contributed by atoms with Crippen molar-refractivity contribution in [2.45, 2.75) is 245 Å². The van der Waals surface area contributed by atoms with E-state index in [2.05, 4.69) is 130 Å². The van der Waals surface area contributed by atoms with Crippen molar-refractivity contribution in [1.82, 2.24) is 0 Å². The van der Waals surface area contributed by atoms with Crippen LogP contribution in [0.5, 0.6) is 0 Å². The third kappa shape index (κ3) is 52.9. The molecule has 1 unspecified atom stereocenters. The van der Waals surface area contributed by atoms with Crippen LogP contribution in [0, 0.1) is 0 Å². The van der Waals surface area contributed by atoms with Crippen LogP contribution in [0.3, 0.4) is 0 Å². The molecule has 0 heterocycles. The quantitative estimate of drug-likeness (QED) is 0.0262. The van der Waals surface area contributed by atoms with Gasteiger partial charge in [0.25, 0.3) is 0 Å². The van der Waals surface area contributed by atoms with Gasteiger partial charge in [-0.25, -0.2) is 0 Å². The van der Waals surface area contributed by atoms with Gasteiger partial charge in [-0.15, -0.1) is 0 Å². The molecule has 0 bridgehead atoms. The minimum Gasteiger partial charge on any atom is -0.462 e. The second kappa shape index (κ2) is 54.7. The molecule has 0 aliphatic heterocycles. The molecule has 0 spiro atoms. The third-order valence-electron chi connectivity index (χ3n) is 11.2. The van der Waals surface area contributed by atoms with E-state index in [1.165, 1.54) is 77.0 Å². The second-order valence-electron chi connectivity index (χ2n) is 17.7. The summed E-state index contributed by atoms with van der Waals surface area (Å²) in [5, 5.41) is 0. The van der Waals surface area contributed by atoms with Crippen LogP contribution in [-0.2, 0) is 28.6 Å². The van der Waals surface area contributed by atoms with Gasteiger partial charge in [-0.1, -0.05) is 214 Å². The maximum Gasteiger partial charge on any atom is 0.306 e. The zero-order chi connectivity index (χ0) is 48.6. The van der Waals surface area contributed by atoms with E-state index in [4.69, 9.17) is 14.2 Å². The minimum absolute atomic E-state index is 0.109. The SMILES string of the molecule is CC/C=C\C/C=C\C/C=C\C/C=C\C/C=C\CCCC(=O)OC(COC(=O)CCCCCCC/C=C\C/C=C\CCC)COC(=O)CCCCCCCCCCC/C=C\C/C=C\CCCCC. The molecule has 6 heteroatoms. The highest BCUT2D eigenvalue weighted by Gasteiger charge is 2.19. The van der Waals surface area contributed by atoms with Crippen LogP contribution in [0.1, 0.15) is 239 Å². The van der Waals surface area contributed by atoms with E-state index in [9.17, 15) is 14.4 Å². The predicted molar refractivity (Wildman–Crippen MR) is 288 cm³/mol. The Morgan fingerprint density at radius 3 is 1.01 bits per heavy atom. The van der Waals surface area contributed by atoms with Crippen molar-refractivity contribution in [2.24, 2.45) is 0 Å². The molecule has 0 aromatic heterocycles. The molecule has 0 saturated heterocycles. The van der Waals surface area contributed by atoms with E-state index in [-0.39, 0.29) is 37.5 Å². The number of ether oxygens (including phenoxy) is 3. The van der Waals surface area contributed by atoms with Gasteiger partial charge in [-0.05, 0) is 116 Å². The third-order valence-corrected chi connectivity index (χ3v) is 11.2. The summed E-state index contributed by atoms with van der Waals surface area (Å²) in [5.74, 6) is -0.989. The van der Waals surface area contributed by atoms with E-state index in [1.807, 2.05) is 0 Å². The molecule has 0 N–H and O–H groups in total. The van der Waals surface area contributed by atoms with Crippen molar-refractivity contribution in [3.8, 4) is 0 Å². The lowest BCUT2D eigenvalue weighted by Crippen LogP contribution is -2.30. The van der Waals surface area contributed by atoms with E-state index in [0.29, 0.717) is 19.3 Å². The summed E-state index contributed by atoms with van der Waals surface area (Å²) in [6.45, 7) is 6.37. The molecule has 0 rings (SSSR count). The van der Waals surface area contributed by atoms with Gasteiger partial charge in [-0.3, -0.25) is 14.4 Å². The summed E-state index contributed by atoms with van der Waals surface area (Å²) in [6, 6.07) is 0. The van der Waals surface area contributed by atoms with Crippen molar-refractivity contribution in [3.05, 3.63) is 109 Å². The second-order valence-corrected chi connectivity index (χ2v) is 17.7. The highest BCUT2D eigenvalue weighted by molar-refractivity contribution is 5.71. The number of carbonyl (C=O) groups is 3. The fourth-order valence-corrected chi connectivity index (χ4v) is 7.13. The molecule has 0 radical (unpaired) electrons. The molecule has 0 aromatic rings. The minimum atomic E-state index is -0.817. The number of unbranched alkanes of at least 4 members (excludes halogenated alkanes) is 19. The number of carbonyl (C=O) groups excluding carboxylic acids is 3. The Kier molecular flexibility index (Phi) is 51.5. The number of allylic oxidation sites excluding steroid dienone is 18. The molecule has 67 heavy (non-hydrogen) atoms. The normalized spacial score (nSPS) is 12.9. The average molecular weight is 929 g/mol. The molecule has 0 fully saturated rings. The van der Waals surface area contributed by atoms with Crippen LogP contribution in [0.15, 0.2) is 109 Å². The molecule has 0 aromatic carbocycles. The lowest BCUT2D eigenvalue weighted by atomic mass is 10.1. The summed E-state index contributed by atoms with van der Waals surface area (Å²) < 4.78 is 16.8. The Morgan fingerprint density at radius 2 is 0.627 bits per heavy atom. The zero-order valence-corrected chi connectivity index (χ0v) is 43.4. The Morgan fingerprint density at radius 1 is 0.313 bits per heavy atom. The molecule has 6 nitrogen and oxygen atoms in total. The molecular weight excluding hydrogens is 829 g/mol. The molecule has 0 aliphatic rings. The van der Waals surface area contributed by atoms with Gasteiger partial charge >= 0.3 is 17.9 Å². The number of hydrogen-bond donors (Lipinski definition) is 0. The topological polar surface area (TPSA) is 78.9 Å². The lowest BCUT2D eigenvalue weighted by Gasteiger charge is -2.18. The van der Waals surface area contributed by atoms with Crippen molar-refractivity contribution in [2.75, 3.05) is 13.2 Å². The van der Waals surface area contributed by atoms with Gasteiger partial charge < -0.3 is 14.2 Å². The Balaban J connectivity index is 4.49. The van der Waals surface area contributed by atoms with Crippen molar-refractivity contribution in [1.29, 1.82) is 0 Å². The van der Waals surface area contributed by atoms with E-state index >= 15 is 0 Å². The molecule has 0 aliphatic carbocycles. The van der Waals surface area contributed by atoms with Crippen LogP contribution in [0.25, 0.3) is 0 Å². The Hall–Kier alpha value is -3.93. The van der Waals surface area contributed by atoms with Crippen LogP contribution in [0.2, 0.25) is 0 Å². The maximum absolute atomic E-state index is 12.8. The first-order valence-electron chi connectivity index (χ1n) is 27.4. The Bertz CT molecular complexity index is 1390. The molecular formula is C61H100O6. The smallest absolute Gasteiger partial charge is 0.306 e. The first kappa shape index (κ1) is 63.1. The molecule has 1 atom stereocenters. The fraction of sp³-hybridized carbons (Fsp3) is 0.656. The Labute approximate surface area is 412 Å². The average Bonchev–Trinajstić information content (AvgIpc) is 3.33. The van der Waals surface area contributed by atoms with E-state index in [0.717, 1.165) is 116 Å². The van der Waals surface area contributed by atoms with Crippen LogP contribution < -0.4 is 0 Å². The maximum atomic E-state index is 12.8. The first-order valence-corrected chi connectivity index (χ1v) is 27.4. The predicted octanol–water partition coefficient (Wildman–Crippen LogP) is 18.3. The van der Waals surface area contributed by atoms with Gasteiger partial charge in [0.05, 0.1) is 0 Å². The molecule has 380 valence electrons. The van der Waals surface area contributed by atoms with Crippen LogP contribution in [-0.4, -0.2) is 37.2 Å². The number of hydrogen-bond acceptors (Lipinski definition) is 6. The van der Waals surface area contributed by atoms with E-state index < -0.39 is 6.10 Å². The number of rotatable bonds is 48. The van der Waals surface area contributed by atoms with Crippen molar-refractivity contribution in [3.63, 3.8) is 0 Å². The highest BCUT2D eigenvalue weighted by Crippen LogP contribution is 2.14. The van der Waals surface area contributed by atoms with Crippen molar-refractivity contribution < 1.29 is 28.6 Å². The van der Waals surface area contributed by atoms with Crippen molar-refractivity contribution >= 4 is 17.9 Å². The first-order chi connectivity index (χ1) is 33.0. The fourth-order valence-electron chi connectivity index (χ4n) is 7.13. The van der Waals surface area contributed by atoms with Gasteiger partial charge in [0.1, 0.15) is 13.2 Å². The summed E-state index contributed by atoms with van der Waals surface area (Å²) in [4.78, 5) is 38.1. The summed E-state index contributed by atoms with van der Waals surface area (Å²) in [7, 11) is 0. The van der Waals surface area contributed by atoms with Gasteiger partial charge in [0.2, 0.25) is 0 Å².